The molecular formula is C17H11N5O4S. The van der Waals surface area contributed by atoms with Crippen LogP contribution in [0.2, 0.25) is 0 Å². The van der Waals surface area contributed by atoms with Gasteiger partial charge in [0.15, 0.2) is 16.7 Å². The molecule has 9 nitrogen and oxygen atoms in total. The number of benzene rings is 1. The average Bonchev–Trinajstić information content (AvgIpc) is 3.26. The van der Waals surface area contributed by atoms with E-state index in [9.17, 15) is 9.59 Å². The third-order valence-electron chi connectivity index (χ3n) is 4.04. The highest BCUT2D eigenvalue weighted by atomic mass is 32.2. The Bertz CT molecular complexity index is 1280. The van der Waals surface area contributed by atoms with Crippen LogP contribution in [0.15, 0.2) is 56.3 Å². The standard InChI is InChI=1S/C17H11N5O4S/c23-15-11-13(27-17-18-4-1-5-19-17)12(20-14(11)21-16(24)22-15)8-2-3-9-10(6-8)26-7-25-9/h1-6H,7H2,(H3,20,21,22,23,24). The molecule has 5 rings (SSSR count). The first kappa shape index (κ1) is 15.7. The van der Waals surface area contributed by atoms with E-state index in [0.29, 0.717) is 38.3 Å². The van der Waals surface area contributed by atoms with Gasteiger partial charge in [0.1, 0.15) is 5.65 Å². The quantitative estimate of drug-likeness (QED) is 0.463. The van der Waals surface area contributed by atoms with Crippen molar-refractivity contribution < 1.29 is 9.47 Å². The molecule has 0 saturated carbocycles. The van der Waals surface area contributed by atoms with Crippen LogP contribution in [0.3, 0.4) is 0 Å². The van der Waals surface area contributed by atoms with E-state index in [4.69, 9.17) is 9.47 Å². The van der Waals surface area contributed by atoms with Gasteiger partial charge in [0.05, 0.1) is 16.0 Å². The number of hydrogen-bond donors (Lipinski definition) is 3. The molecule has 0 amide bonds. The number of hydrogen-bond acceptors (Lipinski definition) is 7. The van der Waals surface area contributed by atoms with Crippen LogP contribution in [0.5, 0.6) is 11.5 Å². The normalized spacial score (nSPS) is 12.6. The van der Waals surface area contributed by atoms with Crippen molar-refractivity contribution in [3.05, 3.63) is 57.5 Å². The van der Waals surface area contributed by atoms with Gasteiger partial charge in [-0.2, -0.15) is 0 Å². The number of ether oxygens (including phenoxy) is 2. The molecule has 0 unspecified atom stereocenters. The van der Waals surface area contributed by atoms with E-state index in [0.717, 1.165) is 5.56 Å². The number of rotatable bonds is 3. The molecule has 0 atom stereocenters. The summed E-state index contributed by atoms with van der Waals surface area (Å²) in [5.74, 6) is 1.27. The predicted octanol–water partition coefficient (Wildman–Crippen LogP) is 1.88. The largest absolute Gasteiger partial charge is 0.454 e. The van der Waals surface area contributed by atoms with E-state index in [2.05, 4.69) is 24.9 Å². The third-order valence-corrected chi connectivity index (χ3v) is 5.05. The Morgan fingerprint density at radius 1 is 1.00 bits per heavy atom. The Kier molecular flexibility index (Phi) is 3.50. The minimum absolute atomic E-state index is 0.165. The van der Waals surface area contributed by atoms with Gasteiger partial charge in [-0.1, -0.05) is 0 Å². The van der Waals surface area contributed by atoms with E-state index < -0.39 is 11.2 Å². The maximum absolute atomic E-state index is 12.4. The molecule has 1 aliphatic heterocycles. The molecule has 0 radical (unpaired) electrons. The van der Waals surface area contributed by atoms with Crippen molar-refractivity contribution >= 4 is 22.8 Å². The van der Waals surface area contributed by atoms with E-state index in [-0.39, 0.29) is 6.79 Å². The van der Waals surface area contributed by atoms with Gasteiger partial charge in [0.25, 0.3) is 5.56 Å². The molecule has 0 fully saturated rings. The van der Waals surface area contributed by atoms with Crippen molar-refractivity contribution in [2.24, 2.45) is 0 Å². The van der Waals surface area contributed by atoms with Gasteiger partial charge in [-0.3, -0.25) is 14.8 Å². The summed E-state index contributed by atoms with van der Waals surface area (Å²) >= 11 is 1.23. The van der Waals surface area contributed by atoms with Crippen molar-refractivity contribution in [2.75, 3.05) is 6.79 Å². The van der Waals surface area contributed by atoms with Crippen LogP contribution in [-0.2, 0) is 0 Å². The molecule has 1 aliphatic rings. The molecule has 0 bridgehead atoms. The fourth-order valence-corrected chi connectivity index (χ4v) is 3.87. The number of nitrogens with one attached hydrogen (secondary N) is 3. The van der Waals surface area contributed by atoms with Crippen molar-refractivity contribution in [3.8, 4) is 22.8 Å². The summed E-state index contributed by atoms with van der Waals surface area (Å²) in [5.41, 5.74) is 0.672. The first-order valence-electron chi connectivity index (χ1n) is 7.92. The van der Waals surface area contributed by atoms with Crippen molar-refractivity contribution in [1.82, 2.24) is 24.9 Å². The zero-order valence-corrected chi connectivity index (χ0v) is 14.4. The summed E-state index contributed by atoms with van der Waals surface area (Å²) in [5, 5.41) is 0.811. The second kappa shape index (κ2) is 6.02. The molecule has 10 heteroatoms. The Labute approximate surface area is 154 Å². The van der Waals surface area contributed by atoms with Crippen LogP contribution in [0, 0.1) is 0 Å². The number of aromatic amines is 3. The molecule has 3 N–H and O–H groups in total. The van der Waals surface area contributed by atoms with Crippen LogP contribution < -0.4 is 20.7 Å². The summed E-state index contributed by atoms with van der Waals surface area (Å²) in [6, 6.07) is 7.17. The molecule has 0 spiro atoms. The molecule has 1 aromatic carbocycles. The van der Waals surface area contributed by atoms with E-state index in [1.54, 1.807) is 24.5 Å². The molecule has 4 heterocycles. The first-order chi connectivity index (χ1) is 13.2. The number of aromatic nitrogens is 5. The fourth-order valence-electron chi connectivity index (χ4n) is 2.89. The monoisotopic (exact) mass is 381 g/mol. The minimum atomic E-state index is -0.585. The smallest absolute Gasteiger partial charge is 0.327 e. The van der Waals surface area contributed by atoms with Crippen LogP contribution in [0.1, 0.15) is 0 Å². The fraction of sp³-hybridized carbons (Fsp3) is 0.0588. The highest BCUT2D eigenvalue weighted by Gasteiger charge is 2.21. The van der Waals surface area contributed by atoms with Gasteiger partial charge < -0.3 is 14.5 Å². The lowest BCUT2D eigenvalue weighted by Gasteiger charge is -2.05. The molecule has 0 aliphatic carbocycles. The van der Waals surface area contributed by atoms with Crippen LogP contribution >= 0.6 is 11.8 Å². The minimum Gasteiger partial charge on any atom is -0.454 e. The lowest BCUT2D eigenvalue weighted by Crippen LogP contribution is -2.21. The van der Waals surface area contributed by atoms with Crippen molar-refractivity contribution in [3.63, 3.8) is 0 Å². The molecule has 134 valence electrons. The predicted molar refractivity (Wildman–Crippen MR) is 97.3 cm³/mol. The summed E-state index contributed by atoms with van der Waals surface area (Å²) in [6.45, 7) is 0.165. The number of H-pyrrole nitrogens is 3. The first-order valence-corrected chi connectivity index (χ1v) is 8.74. The van der Waals surface area contributed by atoms with Gasteiger partial charge in [-0.05, 0) is 36.0 Å². The van der Waals surface area contributed by atoms with Crippen molar-refractivity contribution in [1.29, 1.82) is 0 Å². The van der Waals surface area contributed by atoms with Crippen LogP contribution in [0.4, 0.5) is 0 Å². The van der Waals surface area contributed by atoms with E-state index in [1.807, 2.05) is 12.1 Å². The Balaban J connectivity index is 1.76. The lowest BCUT2D eigenvalue weighted by atomic mass is 10.1. The Hall–Kier alpha value is -3.53. The molecule has 4 aromatic rings. The highest BCUT2D eigenvalue weighted by Crippen LogP contribution is 2.41. The van der Waals surface area contributed by atoms with Gasteiger partial charge in [-0.25, -0.2) is 14.8 Å². The summed E-state index contributed by atoms with van der Waals surface area (Å²) in [6.07, 6.45) is 3.24. The average molecular weight is 381 g/mol. The van der Waals surface area contributed by atoms with Crippen molar-refractivity contribution in [2.45, 2.75) is 10.1 Å². The number of nitrogens with zero attached hydrogens (tertiary/aromatic N) is 2. The van der Waals surface area contributed by atoms with Crippen LogP contribution in [-0.4, -0.2) is 31.7 Å². The van der Waals surface area contributed by atoms with Gasteiger partial charge in [0, 0.05) is 18.0 Å². The number of fused-ring (bicyclic) bond motifs is 2. The second-order valence-corrected chi connectivity index (χ2v) is 6.67. The van der Waals surface area contributed by atoms with Gasteiger partial charge in [-0.15, -0.1) is 0 Å². The maximum Gasteiger partial charge on any atom is 0.327 e. The second-order valence-electron chi connectivity index (χ2n) is 5.69. The SMILES string of the molecule is O=c1[nH]c(=O)c2c(Sc3ncccn3)c(-c3ccc4c(c3)OCO4)[nH]c2[nH]1. The summed E-state index contributed by atoms with van der Waals surface area (Å²) in [7, 11) is 0. The summed E-state index contributed by atoms with van der Waals surface area (Å²) in [4.78, 5) is 41.2. The zero-order chi connectivity index (χ0) is 18.4. The highest BCUT2D eigenvalue weighted by molar-refractivity contribution is 7.99. The lowest BCUT2D eigenvalue weighted by molar-refractivity contribution is 0.174. The van der Waals surface area contributed by atoms with E-state index in [1.165, 1.54) is 11.8 Å². The summed E-state index contributed by atoms with van der Waals surface area (Å²) < 4.78 is 10.8. The Morgan fingerprint density at radius 3 is 2.67 bits per heavy atom. The van der Waals surface area contributed by atoms with E-state index >= 15 is 0 Å². The molecule has 3 aromatic heterocycles. The van der Waals surface area contributed by atoms with Crippen LogP contribution in [0.25, 0.3) is 22.3 Å². The molecule has 27 heavy (non-hydrogen) atoms. The molecule has 0 saturated heterocycles. The zero-order valence-electron chi connectivity index (χ0n) is 13.6. The maximum atomic E-state index is 12.4. The topological polar surface area (TPSA) is 126 Å². The molecular weight excluding hydrogens is 370 g/mol. The van der Waals surface area contributed by atoms with Gasteiger partial charge >= 0.3 is 5.69 Å². The van der Waals surface area contributed by atoms with Gasteiger partial charge in [0.2, 0.25) is 6.79 Å². The Morgan fingerprint density at radius 2 is 1.81 bits per heavy atom. The third kappa shape index (κ3) is 2.66.